The monoisotopic (exact) mass is 547 g/mol. The third kappa shape index (κ3) is 8.47. The van der Waals surface area contributed by atoms with Crippen LogP contribution < -0.4 is 9.62 Å². The SMILES string of the molecule is Cc1cc(C)cc(N(CCCC(=O)N(Cc2cccc(Cl)c2)[C@H](C)C(=O)NC2CCCC2)S(C)(=O)=O)c1. The molecule has 0 saturated heterocycles. The van der Waals surface area contributed by atoms with Gasteiger partial charge in [0.05, 0.1) is 11.9 Å². The summed E-state index contributed by atoms with van der Waals surface area (Å²) in [6.45, 7) is 6.00. The summed E-state index contributed by atoms with van der Waals surface area (Å²) in [6, 6.07) is 12.4. The summed E-state index contributed by atoms with van der Waals surface area (Å²) < 4.78 is 26.5. The standard InChI is InChI=1S/C28H38ClN3O4S/c1-20-15-21(2)17-26(16-20)32(37(4,35)36)14-8-13-27(33)31(19-23-9-7-10-24(29)18-23)22(3)28(34)30-25-11-5-6-12-25/h7,9-10,15-18,22,25H,5-6,8,11-14,19H2,1-4H3,(H,30,34)/t22-/m1/s1. The molecular weight excluding hydrogens is 510 g/mol. The molecule has 1 N–H and O–H groups in total. The summed E-state index contributed by atoms with van der Waals surface area (Å²) in [6.07, 6.45) is 5.72. The van der Waals surface area contributed by atoms with Gasteiger partial charge in [-0.2, -0.15) is 0 Å². The van der Waals surface area contributed by atoms with Crippen LogP contribution in [0.5, 0.6) is 0 Å². The summed E-state index contributed by atoms with van der Waals surface area (Å²) >= 11 is 6.16. The van der Waals surface area contributed by atoms with Gasteiger partial charge < -0.3 is 10.2 Å². The van der Waals surface area contributed by atoms with Crippen molar-refractivity contribution in [1.29, 1.82) is 0 Å². The van der Waals surface area contributed by atoms with E-state index in [1.165, 1.54) is 10.6 Å². The summed E-state index contributed by atoms with van der Waals surface area (Å²) in [7, 11) is -3.54. The maximum absolute atomic E-state index is 13.4. The molecule has 1 fully saturated rings. The first-order chi connectivity index (χ1) is 17.4. The third-order valence-corrected chi connectivity index (χ3v) is 8.19. The topological polar surface area (TPSA) is 86.8 Å². The first kappa shape index (κ1) is 29.0. The number of aryl methyl sites for hydroxylation is 2. The largest absolute Gasteiger partial charge is 0.352 e. The van der Waals surface area contributed by atoms with E-state index in [9.17, 15) is 18.0 Å². The average Bonchev–Trinajstić information content (AvgIpc) is 3.31. The Kier molecular flexibility index (Phi) is 10.0. The molecule has 9 heteroatoms. The third-order valence-electron chi connectivity index (χ3n) is 6.76. The predicted molar refractivity (Wildman–Crippen MR) is 149 cm³/mol. The molecule has 1 aliphatic carbocycles. The lowest BCUT2D eigenvalue weighted by Gasteiger charge is -2.30. The Hall–Kier alpha value is -2.58. The Labute approximate surface area is 226 Å². The maximum Gasteiger partial charge on any atom is 0.242 e. The van der Waals surface area contributed by atoms with E-state index < -0.39 is 16.1 Å². The molecule has 0 spiro atoms. The molecule has 1 atom stereocenters. The number of anilines is 1. The number of carbonyl (C=O) groups excluding carboxylic acids is 2. The van der Waals surface area contributed by atoms with Crippen LogP contribution in [-0.4, -0.2) is 50.0 Å². The van der Waals surface area contributed by atoms with Crippen LogP contribution in [0.15, 0.2) is 42.5 Å². The molecule has 0 unspecified atom stereocenters. The molecule has 0 aliphatic heterocycles. The van der Waals surface area contributed by atoms with E-state index in [1.54, 1.807) is 24.0 Å². The molecule has 2 amide bonds. The van der Waals surface area contributed by atoms with Crippen molar-refractivity contribution in [3.8, 4) is 0 Å². The van der Waals surface area contributed by atoms with Crippen molar-refractivity contribution in [3.05, 3.63) is 64.2 Å². The van der Waals surface area contributed by atoms with Gasteiger partial charge >= 0.3 is 0 Å². The molecule has 1 aliphatic rings. The van der Waals surface area contributed by atoms with Gasteiger partial charge in [0.25, 0.3) is 0 Å². The fourth-order valence-corrected chi connectivity index (χ4v) is 6.07. The molecule has 2 aromatic carbocycles. The lowest BCUT2D eigenvalue weighted by atomic mass is 10.1. The van der Waals surface area contributed by atoms with Crippen molar-refractivity contribution in [2.24, 2.45) is 0 Å². The van der Waals surface area contributed by atoms with Gasteiger partial charge in [0.1, 0.15) is 6.04 Å². The Bertz CT molecular complexity index is 1190. The molecule has 0 radical (unpaired) electrons. The molecule has 2 aromatic rings. The fraction of sp³-hybridized carbons (Fsp3) is 0.500. The minimum absolute atomic E-state index is 0.110. The van der Waals surface area contributed by atoms with Crippen LogP contribution in [0.2, 0.25) is 5.02 Å². The minimum atomic E-state index is -3.54. The van der Waals surface area contributed by atoms with Crippen molar-refractivity contribution in [3.63, 3.8) is 0 Å². The highest BCUT2D eigenvalue weighted by atomic mass is 35.5. The highest BCUT2D eigenvalue weighted by Gasteiger charge is 2.29. The Balaban J connectivity index is 1.73. The molecule has 0 heterocycles. The maximum atomic E-state index is 13.4. The summed E-state index contributed by atoms with van der Waals surface area (Å²) in [4.78, 5) is 28.0. The van der Waals surface area contributed by atoms with Crippen molar-refractivity contribution in [2.45, 2.75) is 77.9 Å². The normalized spacial score (nSPS) is 14.8. The van der Waals surface area contributed by atoms with Crippen molar-refractivity contribution in [2.75, 3.05) is 17.1 Å². The number of halogens is 1. The lowest BCUT2D eigenvalue weighted by molar-refractivity contribution is -0.141. The zero-order chi connectivity index (χ0) is 27.2. The van der Waals surface area contributed by atoms with E-state index in [2.05, 4.69) is 5.32 Å². The van der Waals surface area contributed by atoms with E-state index in [0.717, 1.165) is 42.4 Å². The Morgan fingerprint density at radius 3 is 2.32 bits per heavy atom. The van der Waals surface area contributed by atoms with Crippen molar-refractivity contribution >= 4 is 39.1 Å². The predicted octanol–water partition coefficient (Wildman–Crippen LogP) is 4.98. The quantitative estimate of drug-likeness (QED) is 0.430. The highest BCUT2D eigenvalue weighted by molar-refractivity contribution is 7.92. The molecule has 3 rings (SSSR count). The molecule has 37 heavy (non-hydrogen) atoms. The zero-order valence-corrected chi connectivity index (χ0v) is 23.7. The van der Waals surface area contributed by atoms with E-state index in [4.69, 9.17) is 11.6 Å². The zero-order valence-electron chi connectivity index (χ0n) is 22.2. The van der Waals surface area contributed by atoms with Gasteiger partial charge in [-0.05, 0) is 81.0 Å². The van der Waals surface area contributed by atoms with Crippen molar-refractivity contribution in [1.82, 2.24) is 10.2 Å². The summed E-state index contributed by atoms with van der Waals surface area (Å²) in [5, 5.41) is 3.65. The number of hydrogen-bond acceptors (Lipinski definition) is 4. The average molecular weight is 548 g/mol. The molecule has 202 valence electrons. The smallest absolute Gasteiger partial charge is 0.242 e. The van der Waals surface area contributed by atoms with Crippen LogP contribution in [0, 0.1) is 13.8 Å². The van der Waals surface area contributed by atoms with Gasteiger partial charge in [-0.15, -0.1) is 0 Å². The molecular formula is C28H38ClN3O4S. The Morgan fingerprint density at radius 1 is 1.08 bits per heavy atom. The summed E-state index contributed by atoms with van der Waals surface area (Å²) in [5.74, 6) is -0.377. The second-order valence-electron chi connectivity index (χ2n) is 10.1. The van der Waals surface area contributed by atoms with E-state index in [0.29, 0.717) is 17.1 Å². The minimum Gasteiger partial charge on any atom is -0.352 e. The van der Waals surface area contributed by atoms with Gasteiger partial charge in [0, 0.05) is 30.6 Å². The number of amides is 2. The highest BCUT2D eigenvalue weighted by Crippen LogP contribution is 2.23. The van der Waals surface area contributed by atoms with Crippen LogP contribution in [-0.2, 0) is 26.2 Å². The molecule has 0 aromatic heterocycles. The number of hydrogen-bond donors (Lipinski definition) is 1. The number of nitrogens with one attached hydrogen (secondary N) is 1. The number of nitrogens with zero attached hydrogens (tertiary/aromatic N) is 2. The van der Waals surface area contributed by atoms with Crippen LogP contribution in [0.25, 0.3) is 0 Å². The van der Waals surface area contributed by atoms with E-state index >= 15 is 0 Å². The number of rotatable bonds is 11. The number of benzene rings is 2. The number of sulfonamides is 1. The van der Waals surface area contributed by atoms with E-state index in [1.807, 2.05) is 44.2 Å². The first-order valence-corrected chi connectivity index (χ1v) is 15.1. The second kappa shape index (κ2) is 12.8. The van der Waals surface area contributed by atoms with Crippen LogP contribution in [0.1, 0.15) is 62.1 Å². The van der Waals surface area contributed by atoms with Crippen LogP contribution in [0.4, 0.5) is 5.69 Å². The van der Waals surface area contributed by atoms with E-state index in [-0.39, 0.29) is 37.4 Å². The molecule has 7 nitrogen and oxygen atoms in total. The second-order valence-corrected chi connectivity index (χ2v) is 12.4. The van der Waals surface area contributed by atoms with Gasteiger partial charge in [-0.1, -0.05) is 42.6 Å². The van der Waals surface area contributed by atoms with Gasteiger partial charge in [0.2, 0.25) is 21.8 Å². The van der Waals surface area contributed by atoms with Gasteiger partial charge in [-0.25, -0.2) is 8.42 Å². The van der Waals surface area contributed by atoms with Gasteiger partial charge in [0.15, 0.2) is 0 Å². The van der Waals surface area contributed by atoms with Crippen molar-refractivity contribution < 1.29 is 18.0 Å². The Morgan fingerprint density at radius 2 is 1.73 bits per heavy atom. The van der Waals surface area contributed by atoms with Crippen LogP contribution in [0.3, 0.4) is 0 Å². The van der Waals surface area contributed by atoms with Crippen LogP contribution >= 0.6 is 11.6 Å². The molecule has 1 saturated carbocycles. The molecule has 0 bridgehead atoms. The summed E-state index contributed by atoms with van der Waals surface area (Å²) in [5.41, 5.74) is 3.35. The first-order valence-electron chi connectivity index (χ1n) is 12.8. The van der Waals surface area contributed by atoms with Gasteiger partial charge in [-0.3, -0.25) is 13.9 Å². The lowest BCUT2D eigenvalue weighted by Crippen LogP contribution is -2.49. The fourth-order valence-electron chi connectivity index (χ4n) is 4.91. The number of carbonyl (C=O) groups is 2.